The minimum atomic E-state index is -0.648. The van der Waals surface area contributed by atoms with Crippen LogP contribution in [0.4, 0.5) is 0 Å². The Balaban J connectivity index is 1.35. The van der Waals surface area contributed by atoms with Crippen molar-refractivity contribution in [3.63, 3.8) is 0 Å². The van der Waals surface area contributed by atoms with Gasteiger partial charge in [0.05, 0.1) is 6.42 Å². The van der Waals surface area contributed by atoms with Crippen LogP contribution in [0.2, 0.25) is 0 Å². The Hall–Kier alpha value is -0.570. The molecule has 2 aliphatic carbocycles. The third kappa shape index (κ3) is 22.9. The fourth-order valence-electron chi connectivity index (χ4n) is 7.90. The maximum absolute atomic E-state index is 11.2. The first-order valence-corrected chi connectivity index (χ1v) is 20.6. The van der Waals surface area contributed by atoms with Crippen LogP contribution in [-0.4, -0.2) is 35.6 Å². The Bertz CT molecular complexity index is 605. The normalized spacial score (nSPS) is 20.9. The molecule has 0 aromatic carbocycles. The van der Waals surface area contributed by atoms with Crippen LogP contribution in [0.25, 0.3) is 0 Å². The van der Waals surface area contributed by atoms with E-state index in [4.69, 9.17) is 0 Å². The zero-order valence-electron chi connectivity index (χ0n) is 30.2. The molecule has 4 unspecified atom stereocenters. The molecular weight excluding hydrogens is 538 g/mol. The summed E-state index contributed by atoms with van der Waals surface area (Å²) in [5, 5.41) is 9.20. The molecule has 0 aliphatic heterocycles. The minimum Gasteiger partial charge on any atom is -0.481 e. The molecule has 3 nitrogen and oxygen atoms in total. The highest BCUT2D eigenvalue weighted by Crippen LogP contribution is 2.46. The molecule has 1 N–H and O–H groups in total. The average molecular weight is 618 g/mol. The monoisotopic (exact) mass is 618 g/mol. The van der Waals surface area contributed by atoms with Crippen LogP contribution in [0.3, 0.4) is 0 Å². The Morgan fingerprint density at radius 3 is 1.07 bits per heavy atom. The standard InChI is InChI=1S/C41H79NO2/c1-3-5-7-9-15-21-27-37-35-39(37)29-23-17-11-13-19-25-32-42(34-31-41(43)44)33-26-20-14-12-18-24-30-40-36-38(40)28-22-16-10-8-6-4-2/h37-40H,3-36H2,1-2H3,(H,43,44). The van der Waals surface area contributed by atoms with E-state index < -0.39 is 5.97 Å². The number of rotatable bonds is 35. The van der Waals surface area contributed by atoms with E-state index in [0.29, 0.717) is 6.42 Å². The van der Waals surface area contributed by atoms with Gasteiger partial charge < -0.3 is 10.0 Å². The maximum Gasteiger partial charge on any atom is 0.304 e. The van der Waals surface area contributed by atoms with Gasteiger partial charge in [0, 0.05) is 6.54 Å². The highest BCUT2D eigenvalue weighted by atomic mass is 16.4. The second kappa shape index (κ2) is 27.5. The molecule has 0 bridgehead atoms. The molecule has 4 atom stereocenters. The number of hydrogen-bond acceptors (Lipinski definition) is 2. The summed E-state index contributed by atoms with van der Waals surface area (Å²) < 4.78 is 0. The van der Waals surface area contributed by atoms with Crippen LogP contribution < -0.4 is 0 Å². The average Bonchev–Trinajstić information content (AvgIpc) is 3.94. The highest BCUT2D eigenvalue weighted by molar-refractivity contribution is 5.66. The molecule has 260 valence electrons. The Morgan fingerprint density at radius 2 is 0.750 bits per heavy atom. The number of carboxylic acid groups (broad SMARTS) is 1. The van der Waals surface area contributed by atoms with Crippen LogP contribution in [-0.2, 0) is 4.79 Å². The van der Waals surface area contributed by atoms with Crippen molar-refractivity contribution in [3.05, 3.63) is 0 Å². The molecule has 0 aromatic rings. The van der Waals surface area contributed by atoms with Gasteiger partial charge in [0.2, 0.25) is 0 Å². The molecule has 0 saturated heterocycles. The summed E-state index contributed by atoms with van der Waals surface area (Å²) in [4.78, 5) is 13.6. The van der Waals surface area contributed by atoms with Gasteiger partial charge in [-0.15, -0.1) is 0 Å². The second-order valence-corrected chi connectivity index (χ2v) is 15.4. The fraction of sp³-hybridized carbons (Fsp3) is 0.976. The molecule has 0 spiro atoms. The van der Waals surface area contributed by atoms with Gasteiger partial charge >= 0.3 is 5.97 Å². The number of carbonyl (C=O) groups is 1. The predicted molar refractivity (Wildman–Crippen MR) is 193 cm³/mol. The van der Waals surface area contributed by atoms with Crippen LogP contribution in [0.1, 0.15) is 213 Å². The topological polar surface area (TPSA) is 40.5 Å². The Morgan fingerprint density at radius 1 is 0.455 bits per heavy atom. The van der Waals surface area contributed by atoms with E-state index in [1.165, 1.54) is 193 Å². The summed E-state index contributed by atoms with van der Waals surface area (Å²) in [5.41, 5.74) is 0. The van der Waals surface area contributed by atoms with Crippen molar-refractivity contribution in [1.29, 1.82) is 0 Å². The van der Waals surface area contributed by atoms with E-state index in [9.17, 15) is 9.90 Å². The SMILES string of the molecule is CCCCCCCCC1CC1CCCCCCCCN(CCCCCCCCC1CC1CCCCCCCC)CCC(=O)O. The van der Waals surface area contributed by atoms with Crippen LogP contribution in [0, 0.1) is 23.7 Å². The zero-order chi connectivity index (χ0) is 31.5. The maximum atomic E-state index is 11.2. The molecule has 2 fully saturated rings. The van der Waals surface area contributed by atoms with Crippen molar-refractivity contribution < 1.29 is 9.90 Å². The Kier molecular flexibility index (Phi) is 24.8. The van der Waals surface area contributed by atoms with Gasteiger partial charge in [-0.2, -0.15) is 0 Å². The van der Waals surface area contributed by atoms with Gasteiger partial charge in [0.1, 0.15) is 0 Å². The van der Waals surface area contributed by atoms with Gasteiger partial charge in [-0.1, -0.05) is 181 Å². The fourth-order valence-corrected chi connectivity index (χ4v) is 7.90. The third-order valence-corrected chi connectivity index (χ3v) is 11.2. The zero-order valence-corrected chi connectivity index (χ0v) is 30.2. The molecule has 0 amide bonds. The molecule has 0 heterocycles. The van der Waals surface area contributed by atoms with E-state index in [0.717, 1.165) is 43.3 Å². The third-order valence-electron chi connectivity index (χ3n) is 11.2. The lowest BCUT2D eigenvalue weighted by Gasteiger charge is -2.21. The molecule has 2 rings (SSSR count). The number of carboxylic acids is 1. The Labute approximate surface area is 276 Å². The van der Waals surface area contributed by atoms with E-state index >= 15 is 0 Å². The number of hydrogen-bond donors (Lipinski definition) is 1. The first kappa shape index (κ1) is 39.6. The number of nitrogens with zero attached hydrogens (tertiary/aromatic N) is 1. The van der Waals surface area contributed by atoms with Gasteiger partial charge in [0.15, 0.2) is 0 Å². The predicted octanol–water partition coefficient (Wildman–Crippen LogP) is 13.0. The lowest BCUT2D eigenvalue weighted by atomic mass is 10.0. The van der Waals surface area contributed by atoms with Crippen molar-refractivity contribution in [2.45, 2.75) is 213 Å². The van der Waals surface area contributed by atoms with Crippen LogP contribution in [0.15, 0.2) is 0 Å². The van der Waals surface area contributed by atoms with Crippen molar-refractivity contribution in [2.75, 3.05) is 19.6 Å². The molecule has 0 radical (unpaired) electrons. The molecular formula is C41H79NO2. The summed E-state index contributed by atoms with van der Waals surface area (Å²) in [6.07, 6.45) is 43.0. The summed E-state index contributed by atoms with van der Waals surface area (Å²) >= 11 is 0. The largest absolute Gasteiger partial charge is 0.481 e. The number of aliphatic carboxylic acids is 1. The lowest BCUT2D eigenvalue weighted by molar-refractivity contribution is -0.137. The molecule has 2 aliphatic rings. The highest BCUT2D eigenvalue weighted by Gasteiger charge is 2.35. The quantitative estimate of drug-likeness (QED) is 0.0719. The molecule has 0 aromatic heterocycles. The van der Waals surface area contributed by atoms with E-state index in [-0.39, 0.29) is 0 Å². The van der Waals surface area contributed by atoms with Crippen LogP contribution in [0.5, 0.6) is 0 Å². The van der Waals surface area contributed by atoms with Gasteiger partial charge in [-0.3, -0.25) is 4.79 Å². The summed E-state index contributed by atoms with van der Waals surface area (Å²) in [5.74, 6) is 3.66. The first-order chi connectivity index (χ1) is 21.6. The lowest BCUT2D eigenvalue weighted by Crippen LogP contribution is -2.28. The van der Waals surface area contributed by atoms with Gasteiger partial charge in [-0.25, -0.2) is 0 Å². The molecule has 2 saturated carbocycles. The molecule has 44 heavy (non-hydrogen) atoms. The summed E-state index contributed by atoms with van der Waals surface area (Å²) in [7, 11) is 0. The van der Waals surface area contributed by atoms with Crippen molar-refractivity contribution >= 4 is 5.97 Å². The minimum absolute atomic E-state index is 0.294. The number of unbranched alkanes of at least 4 members (excludes halogenated alkanes) is 20. The van der Waals surface area contributed by atoms with E-state index in [1.54, 1.807) is 0 Å². The summed E-state index contributed by atoms with van der Waals surface area (Å²) in [6.45, 7) is 7.53. The van der Waals surface area contributed by atoms with Crippen molar-refractivity contribution in [1.82, 2.24) is 4.90 Å². The van der Waals surface area contributed by atoms with Crippen molar-refractivity contribution in [2.24, 2.45) is 23.7 Å². The summed E-state index contributed by atoms with van der Waals surface area (Å²) in [6, 6.07) is 0. The second-order valence-electron chi connectivity index (χ2n) is 15.4. The van der Waals surface area contributed by atoms with Gasteiger partial charge in [-0.05, 0) is 62.4 Å². The van der Waals surface area contributed by atoms with E-state index in [2.05, 4.69) is 18.7 Å². The first-order valence-electron chi connectivity index (χ1n) is 20.6. The van der Waals surface area contributed by atoms with E-state index in [1.807, 2.05) is 0 Å². The smallest absolute Gasteiger partial charge is 0.304 e. The van der Waals surface area contributed by atoms with Crippen LogP contribution >= 0.6 is 0 Å². The van der Waals surface area contributed by atoms with Crippen molar-refractivity contribution in [3.8, 4) is 0 Å². The molecule has 3 heteroatoms. The van der Waals surface area contributed by atoms with Gasteiger partial charge in [0.25, 0.3) is 0 Å².